The lowest BCUT2D eigenvalue weighted by molar-refractivity contribution is 1.18. The second-order valence-electron chi connectivity index (χ2n) is 28.8. The summed E-state index contributed by atoms with van der Waals surface area (Å²) in [5, 5.41) is 0. The largest absolute Gasteiger partial charge is 0.311 e. The van der Waals surface area contributed by atoms with Crippen LogP contribution in [-0.2, 0) is 0 Å². The fourth-order valence-electron chi connectivity index (χ4n) is 16.6. The Labute approximate surface area is 648 Å². The highest BCUT2D eigenvalue weighted by Crippen LogP contribution is 2.51. The Morgan fingerprint density at radius 3 is 0.631 bits per heavy atom. The van der Waals surface area contributed by atoms with Crippen LogP contribution in [0.1, 0.15) is 0 Å². The first-order chi connectivity index (χ1) is 55.0. The van der Waals surface area contributed by atoms with Crippen LogP contribution in [0.4, 0.5) is 34.1 Å². The molecule has 111 heavy (non-hydrogen) atoms. The smallest absolute Gasteiger partial charge is 0.252 e. The van der Waals surface area contributed by atoms with E-state index < -0.39 is 0 Å². The molecule has 0 unspecified atom stereocenters. The predicted molar refractivity (Wildman–Crippen MR) is 467 cm³/mol. The molecular weight excluding hydrogens is 1340 g/mol. The first kappa shape index (κ1) is 66.0. The molecule has 4 nitrogen and oxygen atoms in total. The average Bonchev–Trinajstić information content (AvgIpc) is 0.692. The van der Waals surface area contributed by atoms with Gasteiger partial charge in [-0.3, -0.25) is 0 Å². The van der Waals surface area contributed by atoms with Crippen LogP contribution in [0.3, 0.4) is 0 Å². The summed E-state index contributed by atoms with van der Waals surface area (Å²) in [5.41, 5.74) is 36.4. The highest BCUT2D eigenvalue weighted by molar-refractivity contribution is 7.00. The molecule has 0 radical (unpaired) electrons. The Kier molecular flexibility index (Phi) is 17.0. The Morgan fingerprint density at radius 2 is 0.378 bits per heavy atom. The molecule has 0 saturated heterocycles. The normalized spacial score (nSPS) is 11.9. The minimum absolute atomic E-state index is 0.259. The van der Waals surface area contributed by atoms with E-state index in [1.807, 2.05) is 0 Å². The van der Waals surface area contributed by atoms with E-state index in [1.54, 1.807) is 0 Å². The van der Waals surface area contributed by atoms with Gasteiger partial charge < -0.3 is 9.80 Å². The van der Waals surface area contributed by atoms with Crippen molar-refractivity contribution in [3.05, 3.63) is 431 Å². The number of anilines is 6. The lowest BCUT2D eigenvalue weighted by Crippen LogP contribution is -2.61. The molecular formula is C106H71BN4. The fraction of sp³-hybridized carbons (Fsp3) is 0. The van der Waals surface area contributed by atoms with Gasteiger partial charge in [0.1, 0.15) is 0 Å². The van der Waals surface area contributed by atoms with Crippen molar-refractivity contribution >= 4 is 57.2 Å². The molecule has 0 amide bonds. The first-order valence-corrected chi connectivity index (χ1v) is 38.1. The van der Waals surface area contributed by atoms with Gasteiger partial charge in [-0.15, -0.1) is 0 Å². The molecule has 0 bridgehead atoms. The van der Waals surface area contributed by atoms with E-state index in [0.717, 1.165) is 173 Å². The molecule has 0 N–H and O–H groups in total. The number of rotatable bonds is 15. The second-order valence-corrected chi connectivity index (χ2v) is 28.8. The highest BCUT2D eigenvalue weighted by atomic mass is 15.2. The summed E-state index contributed by atoms with van der Waals surface area (Å²) in [7, 11) is 0. The van der Waals surface area contributed by atoms with Crippen LogP contribution in [-0.4, -0.2) is 16.7 Å². The number of benzene rings is 17. The van der Waals surface area contributed by atoms with E-state index in [2.05, 4.69) is 441 Å². The van der Waals surface area contributed by atoms with Crippen molar-refractivity contribution in [2.75, 3.05) is 9.80 Å². The maximum absolute atomic E-state index is 6.05. The fourth-order valence-corrected chi connectivity index (χ4v) is 16.6. The van der Waals surface area contributed by atoms with Gasteiger partial charge in [-0.25, -0.2) is 9.97 Å². The van der Waals surface area contributed by atoms with Crippen LogP contribution >= 0.6 is 0 Å². The summed E-state index contributed by atoms with van der Waals surface area (Å²) in [4.78, 5) is 17.3. The van der Waals surface area contributed by atoms with Crippen molar-refractivity contribution in [3.8, 4) is 145 Å². The van der Waals surface area contributed by atoms with Crippen molar-refractivity contribution in [1.29, 1.82) is 0 Å². The van der Waals surface area contributed by atoms with E-state index in [9.17, 15) is 0 Å². The summed E-state index contributed by atoms with van der Waals surface area (Å²) in [6.07, 6.45) is 0. The van der Waals surface area contributed by atoms with Crippen LogP contribution in [0.25, 0.3) is 145 Å². The van der Waals surface area contributed by atoms with Gasteiger partial charge in [-0.1, -0.05) is 328 Å². The molecule has 0 saturated carbocycles. The molecule has 518 valence electrons. The van der Waals surface area contributed by atoms with Crippen molar-refractivity contribution in [2.24, 2.45) is 0 Å². The summed E-state index contributed by atoms with van der Waals surface area (Å²) in [6.45, 7) is -0.259. The Morgan fingerprint density at radius 1 is 0.162 bits per heavy atom. The Balaban J connectivity index is 0.933. The molecule has 0 aliphatic carbocycles. The van der Waals surface area contributed by atoms with Crippen LogP contribution in [0.2, 0.25) is 0 Å². The molecule has 3 heterocycles. The van der Waals surface area contributed by atoms with E-state index >= 15 is 0 Å². The third-order valence-electron chi connectivity index (χ3n) is 21.9. The summed E-state index contributed by atoms with van der Waals surface area (Å²) in [5.74, 6) is 0.578. The van der Waals surface area contributed by atoms with Gasteiger partial charge in [0.25, 0.3) is 6.71 Å². The van der Waals surface area contributed by atoms with Crippen molar-refractivity contribution < 1.29 is 0 Å². The third-order valence-corrected chi connectivity index (χ3v) is 21.9. The molecule has 20 rings (SSSR count). The number of hydrogen-bond donors (Lipinski definition) is 0. The number of fused-ring (bicyclic) bond motifs is 4. The zero-order valence-corrected chi connectivity index (χ0v) is 60.9. The third kappa shape index (κ3) is 12.8. The lowest BCUT2D eigenvalue weighted by atomic mass is 9.33. The standard InChI is InChI=1S/C106H71BN4/c1-11-31-72(32-12-1)82-51-53-97-101(67-82)110(95-63-88(78-43-23-7-24-44-78)57-89(64-95)79-45-25-8-26-46-79)103-69-94(70-104-105(103)107(97)98-54-52-83(73-33-13-2-14-34-73)68-102(98)111(104)96-65-90(80-47-27-9-28-48-80)58-91(66-96)81-49-29-10-30-50-81)106-108-99(92-59-84(74-35-15-3-16-36-74)55-85(60-92)75-37-17-4-18-38-75)71-100(109-106)93-61-86(76-39-19-5-20-40-76)56-87(62-93)77-41-21-6-22-42-77/h1-71H. The molecule has 1 aromatic heterocycles. The second kappa shape index (κ2) is 28.7. The quantitative estimate of drug-likeness (QED) is 0.0958. The minimum atomic E-state index is -0.259. The number of hydrogen-bond acceptors (Lipinski definition) is 4. The van der Waals surface area contributed by atoms with E-state index in [-0.39, 0.29) is 6.71 Å². The molecule has 0 spiro atoms. The molecule has 17 aromatic carbocycles. The molecule has 0 atom stereocenters. The SMILES string of the molecule is c1ccc(-c2cc(-c3ccccc3)cc(-c3cc(-c4cc(-c5ccccc5)cc(-c5ccccc5)c4)nc(-c4cc5c6c(c4)N(c4cc(-c7ccccc7)cc(-c7ccccc7)c4)c4cc(-c7ccccc7)ccc4B6c4ccc(-c6ccccc6)cc4N5c4cc(-c5ccccc5)cc(-c5ccccc5)c4)n3)c2)cc1. The number of nitrogens with zero attached hydrogens (tertiary/aromatic N) is 4. The summed E-state index contributed by atoms with van der Waals surface area (Å²) < 4.78 is 0. The Bertz CT molecular complexity index is 5850. The van der Waals surface area contributed by atoms with Crippen LogP contribution < -0.4 is 26.2 Å². The number of aromatic nitrogens is 2. The summed E-state index contributed by atoms with van der Waals surface area (Å²) >= 11 is 0. The zero-order valence-electron chi connectivity index (χ0n) is 60.9. The summed E-state index contributed by atoms with van der Waals surface area (Å²) in [6, 6.07) is 158. The van der Waals surface area contributed by atoms with Gasteiger partial charge in [0.15, 0.2) is 5.82 Å². The van der Waals surface area contributed by atoms with Crippen molar-refractivity contribution in [1.82, 2.24) is 9.97 Å². The van der Waals surface area contributed by atoms with Crippen molar-refractivity contribution in [3.63, 3.8) is 0 Å². The van der Waals surface area contributed by atoms with E-state index in [1.165, 1.54) is 16.4 Å². The van der Waals surface area contributed by atoms with Crippen LogP contribution in [0.5, 0.6) is 0 Å². The molecule has 2 aliphatic heterocycles. The molecule has 2 aliphatic rings. The minimum Gasteiger partial charge on any atom is -0.311 e. The predicted octanol–water partition coefficient (Wildman–Crippen LogP) is 26.2. The van der Waals surface area contributed by atoms with Gasteiger partial charge in [-0.2, -0.15) is 0 Å². The monoisotopic (exact) mass is 1410 g/mol. The van der Waals surface area contributed by atoms with Gasteiger partial charge in [0.05, 0.1) is 11.4 Å². The first-order valence-electron chi connectivity index (χ1n) is 38.1. The lowest BCUT2D eigenvalue weighted by Gasteiger charge is -2.45. The Hall–Kier alpha value is -14.5. The van der Waals surface area contributed by atoms with Gasteiger partial charge in [0, 0.05) is 50.8 Å². The van der Waals surface area contributed by atoms with E-state index in [0.29, 0.717) is 5.82 Å². The van der Waals surface area contributed by atoms with E-state index in [4.69, 9.17) is 9.97 Å². The van der Waals surface area contributed by atoms with Gasteiger partial charge in [0.2, 0.25) is 0 Å². The topological polar surface area (TPSA) is 32.3 Å². The van der Waals surface area contributed by atoms with Gasteiger partial charge in [-0.05, 0) is 231 Å². The average molecular weight is 1410 g/mol. The molecule has 18 aromatic rings. The van der Waals surface area contributed by atoms with Crippen LogP contribution in [0, 0.1) is 0 Å². The highest BCUT2D eigenvalue weighted by Gasteiger charge is 2.45. The maximum atomic E-state index is 6.05. The van der Waals surface area contributed by atoms with Crippen molar-refractivity contribution in [2.45, 2.75) is 0 Å². The van der Waals surface area contributed by atoms with Crippen LogP contribution in [0.15, 0.2) is 431 Å². The maximum Gasteiger partial charge on any atom is 0.252 e. The zero-order chi connectivity index (χ0) is 73.6. The van der Waals surface area contributed by atoms with Gasteiger partial charge >= 0.3 is 0 Å². The molecule has 5 heteroatoms. The molecule has 0 fully saturated rings.